The lowest BCUT2D eigenvalue weighted by Crippen LogP contribution is -2.42. The number of H-pyrrole nitrogens is 1. The van der Waals surface area contributed by atoms with E-state index in [-0.39, 0.29) is 18.5 Å². The average Bonchev–Trinajstić information content (AvgIpc) is 2.42. The number of nitrogens with one attached hydrogen (secondary N) is 2. The number of rotatable bonds is 8. The Morgan fingerprint density at radius 2 is 2.18 bits per heavy atom. The van der Waals surface area contributed by atoms with Crippen LogP contribution in [0.2, 0.25) is 0 Å². The quantitative estimate of drug-likeness (QED) is 0.481. The van der Waals surface area contributed by atoms with E-state index in [1.54, 1.807) is 6.26 Å². The minimum atomic E-state index is -1.30. The normalized spacial score (nSPS) is 11.7. The van der Waals surface area contributed by atoms with Crippen LogP contribution in [0.25, 0.3) is 0 Å². The number of nitrogens with zero attached hydrogens (tertiary/aromatic N) is 1. The maximum Gasteiger partial charge on any atom is 0.326 e. The van der Waals surface area contributed by atoms with Gasteiger partial charge in [0, 0.05) is 12.5 Å². The van der Waals surface area contributed by atoms with Gasteiger partial charge in [-0.25, -0.2) is 9.78 Å². The maximum absolute atomic E-state index is 12.0. The molecule has 10 heteroatoms. The molecule has 120 valence electrons. The van der Waals surface area contributed by atoms with Crippen LogP contribution in [0.3, 0.4) is 0 Å². The zero-order valence-electron chi connectivity index (χ0n) is 11.8. The van der Waals surface area contributed by atoms with Crippen LogP contribution < -0.4 is 16.6 Å². The highest BCUT2D eigenvalue weighted by molar-refractivity contribution is 7.97. The molecule has 1 rings (SSSR count). The van der Waals surface area contributed by atoms with Crippen molar-refractivity contribution in [3.8, 4) is 0 Å². The first-order chi connectivity index (χ1) is 10.3. The lowest BCUT2D eigenvalue weighted by molar-refractivity contribution is -0.139. The van der Waals surface area contributed by atoms with Crippen molar-refractivity contribution in [1.82, 2.24) is 15.3 Å². The number of primary amides is 1. The first-order valence-electron chi connectivity index (χ1n) is 6.24. The number of nitrogens with two attached hydrogens (primary N) is 1. The topological polar surface area (TPSA) is 155 Å². The van der Waals surface area contributed by atoms with E-state index in [9.17, 15) is 19.2 Å². The molecule has 1 atom stereocenters. The summed E-state index contributed by atoms with van der Waals surface area (Å²) >= 11 is 1.40. The Morgan fingerprint density at radius 3 is 2.73 bits per heavy atom. The Kier molecular flexibility index (Phi) is 6.57. The monoisotopic (exact) mass is 328 g/mol. The summed E-state index contributed by atoms with van der Waals surface area (Å²) in [5.74, 6) is -2.05. The molecule has 1 aromatic heterocycles. The molecule has 0 aliphatic rings. The molecule has 1 heterocycles. The highest BCUT2D eigenvalue weighted by Gasteiger charge is 2.22. The van der Waals surface area contributed by atoms with E-state index in [0.29, 0.717) is 11.6 Å². The Bertz CT molecular complexity index is 630. The molecule has 0 saturated heterocycles. The number of carboxylic acid groups (broad SMARTS) is 1. The third-order valence-electron chi connectivity index (χ3n) is 2.59. The molecule has 22 heavy (non-hydrogen) atoms. The van der Waals surface area contributed by atoms with Crippen molar-refractivity contribution >= 4 is 29.5 Å². The standard InChI is InChI=1S/C12H16N4O5S/c1-22-5-9-14-7(4-10(18)16-9)11(19)15-6(12(20)21)2-3-8(13)17/h4,6H,2-3,5H2,1H3,(H2,13,17)(H,15,19)(H,20,21)(H,14,16,18). The number of hydrogen-bond donors (Lipinski definition) is 4. The molecule has 0 fully saturated rings. The van der Waals surface area contributed by atoms with Gasteiger partial charge < -0.3 is 21.1 Å². The Morgan fingerprint density at radius 1 is 1.50 bits per heavy atom. The van der Waals surface area contributed by atoms with Crippen LogP contribution in [0.1, 0.15) is 29.2 Å². The van der Waals surface area contributed by atoms with Gasteiger partial charge in [-0.05, 0) is 12.7 Å². The molecule has 0 aromatic carbocycles. The lowest BCUT2D eigenvalue weighted by Gasteiger charge is -2.13. The minimum absolute atomic E-state index is 0.142. The molecule has 0 bridgehead atoms. The number of amides is 2. The van der Waals surface area contributed by atoms with Crippen molar-refractivity contribution in [2.45, 2.75) is 24.6 Å². The SMILES string of the molecule is CSCc1nc(C(=O)NC(CCC(N)=O)C(=O)O)cc(=O)[nH]1. The number of aromatic amines is 1. The molecule has 0 radical (unpaired) electrons. The number of thioether (sulfide) groups is 1. The second-order valence-electron chi connectivity index (χ2n) is 4.38. The molecular formula is C12H16N4O5S. The predicted molar refractivity (Wildman–Crippen MR) is 79.4 cm³/mol. The third-order valence-corrected chi connectivity index (χ3v) is 3.15. The molecule has 5 N–H and O–H groups in total. The first-order valence-corrected chi connectivity index (χ1v) is 7.64. The Labute approximate surface area is 129 Å². The fourth-order valence-electron chi connectivity index (χ4n) is 1.61. The maximum atomic E-state index is 12.0. The van der Waals surface area contributed by atoms with E-state index in [0.717, 1.165) is 6.07 Å². The number of carbonyl (C=O) groups excluding carboxylic acids is 2. The van der Waals surface area contributed by atoms with Crippen molar-refractivity contribution < 1.29 is 19.5 Å². The average molecular weight is 328 g/mol. The fraction of sp³-hybridized carbons (Fsp3) is 0.417. The summed E-state index contributed by atoms with van der Waals surface area (Å²) in [7, 11) is 0. The van der Waals surface area contributed by atoms with Gasteiger partial charge in [-0.2, -0.15) is 11.8 Å². The van der Waals surface area contributed by atoms with Crippen molar-refractivity contribution in [3.63, 3.8) is 0 Å². The highest BCUT2D eigenvalue weighted by Crippen LogP contribution is 2.04. The van der Waals surface area contributed by atoms with E-state index >= 15 is 0 Å². The Balaban J connectivity index is 2.87. The zero-order valence-corrected chi connectivity index (χ0v) is 12.6. The lowest BCUT2D eigenvalue weighted by atomic mass is 10.1. The third kappa shape index (κ3) is 5.56. The van der Waals surface area contributed by atoms with Crippen LogP contribution in [0.4, 0.5) is 0 Å². The van der Waals surface area contributed by atoms with Gasteiger partial charge in [-0.3, -0.25) is 14.4 Å². The summed E-state index contributed by atoms with van der Waals surface area (Å²) in [4.78, 5) is 51.7. The van der Waals surface area contributed by atoms with Gasteiger partial charge in [-0.15, -0.1) is 0 Å². The molecule has 0 saturated carbocycles. The van der Waals surface area contributed by atoms with Gasteiger partial charge in [0.25, 0.3) is 11.5 Å². The fourth-order valence-corrected chi connectivity index (χ4v) is 2.02. The van der Waals surface area contributed by atoms with Crippen molar-refractivity contribution in [2.75, 3.05) is 6.26 Å². The summed E-state index contributed by atoms with van der Waals surface area (Å²) in [6, 6.07) is -0.309. The second-order valence-corrected chi connectivity index (χ2v) is 5.25. The van der Waals surface area contributed by atoms with E-state index in [1.165, 1.54) is 11.8 Å². The number of aliphatic carboxylic acids is 1. The largest absolute Gasteiger partial charge is 0.480 e. The molecule has 0 aliphatic heterocycles. The zero-order chi connectivity index (χ0) is 16.7. The van der Waals surface area contributed by atoms with Crippen LogP contribution in [0.15, 0.2) is 10.9 Å². The molecule has 9 nitrogen and oxygen atoms in total. The molecule has 0 spiro atoms. The molecular weight excluding hydrogens is 312 g/mol. The van der Waals surface area contributed by atoms with E-state index in [4.69, 9.17) is 10.8 Å². The van der Waals surface area contributed by atoms with Crippen molar-refractivity contribution in [2.24, 2.45) is 5.73 Å². The smallest absolute Gasteiger partial charge is 0.326 e. The van der Waals surface area contributed by atoms with Gasteiger partial charge in [-0.1, -0.05) is 0 Å². The summed E-state index contributed by atoms with van der Waals surface area (Å²) in [6.07, 6.45) is 1.48. The van der Waals surface area contributed by atoms with Gasteiger partial charge in [0.15, 0.2) is 0 Å². The predicted octanol–water partition coefficient (Wildman–Crippen LogP) is -0.919. The van der Waals surface area contributed by atoms with E-state index in [2.05, 4.69) is 15.3 Å². The summed E-state index contributed by atoms with van der Waals surface area (Å²) < 4.78 is 0. The van der Waals surface area contributed by atoms with Crippen LogP contribution >= 0.6 is 11.8 Å². The number of carboxylic acids is 1. The summed E-state index contributed by atoms with van der Waals surface area (Å²) in [5, 5.41) is 11.2. The van der Waals surface area contributed by atoms with Gasteiger partial charge in [0.2, 0.25) is 5.91 Å². The Hall–Kier alpha value is -2.36. The molecule has 1 aromatic rings. The minimum Gasteiger partial charge on any atom is -0.480 e. The van der Waals surface area contributed by atoms with Gasteiger partial charge >= 0.3 is 5.97 Å². The van der Waals surface area contributed by atoms with Gasteiger partial charge in [0.1, 0.15) is 17.6 Å². The van der Waals surface area contributed by atoms with Crippen LogP contribution in [0.5, 0.6) is 0 Å². The van der Waals surface area contributed by atoms with Crippen LogP contribution in [-0.4, -0.2) is 45.2 Å². The van der Waals surface area contributed by atoms with Gasteiger partial charge in [0.05, 0.1) is 5.75 Å². The molecule has 2 amide bonds. The van der Waals surface area contributed by atoms with Crippen molar-refractivity contribution in [3.05, 3.63) is 27.9 Å². The van der Waals surface area contributed by atoms with E-state index < -0.39 is 29.4 Å². The molecule has 0 aliphatic carbocycles. The van der Waals surface area contributed by atoms with Crippen LogP contribution in [-0.2, 0) is 15.3 Å². The highest BCUT2D eigenvalue weighted by atomic mass is 32.2. The van der Waals surface area contributed by atoms with Crippen LogP contribution in [0, 0.1) is 0 Å². The number of aromatic nitrogens is 2. The summed E-state index contributed by atoms with van der Waals surface area (Å²) in [6.45, 7) is 0. The number of hydrogen-bond acceptors (Lipinski definition) is 6. The number of carbonyl (C=O) groups is 3. The first kappa shape index (κ1) is 17.7. The summed E-state index contributed by atoms with van der Waals surface area (Å²) in [5.41, 5.74) is 4.26. The van der Waals surface area contributed by atoms with E-state index in [1.807, 2.05) is 0 Å². The second kappa shape index (κ2) is 8.17. The van der Waals surface area contributed by atoms with Crippen molar-refractivity contribution in [1.29, 1.82) is 0 Å². The molecule has 1 unspecified atom stereocenters.